The van der Waals surface area contributed by atoms with Gasteiger partial charge in [-0.25, -0.2) is 13.1 Å². The number of alkyl halides is 1. The van der Waals surface area contributed by atoms with Crippen molar-refractivity contribution < 1.29 is 8.42 Å². The Kier molecular flexibility index (Phi) is 3.22. The minimum atomic E-state index is -3.48. The lowest BCUT2D eigenvalue weighted by atomic mass is 9.94. The third kappa shape index (κ3) is 2.34. The molecular formula is C10H16ClN3O2S. The van der Waals surface area contributed by atoms with E-state index in [0.29, 0.717) is 24.2 Å². The Morgan fingerprint density at radius 3 is 2.41 bits per heavy atom. The van der Waals surface area contributed by atoms with E-state index < -0.39 is 10.0 Å². The van der Waals surface area contributed by atoms with Gasteiger partial charge < -0.3 is 0 Å². The number of aromatic nitrogens is 2. The van der Waals surface area contributed by atoms with Crippen molar-refractivity contribution in [1.82, 2.24) is 14.5 Å². The summed E-state index contributed by atoms with van der Waals surface area (Å²) in [7, 11) is -1.74. The fourth-order valence-electron chi connectivity index (χ4n) is 2.07. The molecule has 0 aliphatic heterocycles. The fourth-order valence-corrected chi connectivity index (χ4v) is 4.20. The number of hydrogen-bond acceptors (Lipinski definition) is 3. The molecule has 1 N–H and O–H groups in total. The molecule has 0 radical (unpaired) electrons. The summed E-state index contributed by atoms with van der Waals surface area (Å²) in [6.07, 6.45) is 1.39. The second kappa shape index (κ2) is 4.26. The second-order valence-corrected chi connectivity index (χ2v) is 6.78. The Labute approximate surface area is 106 Å². The van der Waals surface area contributed by atoms with Crippen LogP contribution in [0.15, 0.2) is 4.90 Å². The van der Waals surface area contributed by atoms with E-state index in [1.807, 2.05) is 0 Å². The van der Waals surface area contributed by atoms with E-state index in [1.54, 1.807) is 25.6 Å². The summed E-state index contributed by atoms with van der Waals surface area (Å²) < 4.78 is 28.6. The maximum absolute atomic E-state index is 12.2. The molecule has 1 aliphatic carbocycles. The molecule has 96 valence electrons. The van der Waals surface area contributed by atoms with Gasteiger partial charge in [0.05, 0.1) is 11.4 Å². The summed E-state index contributed by atoms with van der Waals surface area (Å²) >= 11 is 5.83. The van der Waals surface area contributed by atoms with Crippen LogP contribution in [0.25, 0.3) is 0 Å². The molecule has 0 amide bonds. The largest absolute Gasteiger partial charge is 0.271 e. The maximum Gasteiger partial charge on any atom is 0.244 e. The van der Waals surface area contributed by atoms with E-state index >= 15 is 0 Å². The number of rotatable bonds is 3. The lowest BCUT2D eigenvalue weighted by Gasteiger charge is -2.31. The van der Waals surface area contributed by atoms with Crippen LogP contribution < -0.4 is 4.72 Å². The molecule has 0 aromatic carbocycles. The highest BCUT2D eigenvalue weighted by Crippen LogP contribution is 2.28. The highest BCUT2D eigenvalue weighted by molar-refractivity contribution is 7.89. The van der Waals surface area contributed by atoms with E-state index in [0.717, 1.165) is 0 Å². The van der Waals surface area contributed by atoms with E-state index in [1.165, 1.54) is 0 Å². The molecule has 2 rings (SSSR count). The molecular weight excluding hydrogens is 262 g/mol. The molecule has 1 fully saturated rings. The lowest BCUT2D eigenvalue weighted by molar-refractivity contribution is 0.391. The van der Waals surface area contributed by atoms with Crippen molar-refractivity contribution in [1.29, 1.82) is 0 Å². The van der Waals surface area contributed by atoms with Crippen LogP contribution >= 0.6 is 11.6 Å². The molecule has 0 atom stereocenters. The van der Waals surface area contributed by atoms with Crippen molar-refractivity contribution in [3.05, 3.63) is 11.4 Å². The molecule has 0 bridgehead atoms. The molecule has 7 heteroatoms. The van der Waals surface area contributed by atoms with Crippen molar-refractivity contribution in [2.45, 2.75) is 43.0 Å². The Balaban J connectivity index is 2.26. The minimum Gasteiger partial charge on any atom is -0.271 e. The predicted molar refractivity (Wildman–Crippen MR) is 65.7 cm³/mol. The summed E-state index contributed by atoms with van der Waals surface area (Å²) in [6, 6.07) is -0.0403. The summed E-state index contributed by atoms with van der Waals surface area (Å²) in [5, 5.41) is 4.21. The molecule has 1 heterocycles. The molecule has 5 nitrogen and oxygen atoms in total. The monoisotopic (exact) mass is 277 g/mol. The van der Waals surface area contributed by atoms with Gasteiger partial charge in [0, 0.05) is 18.5 Å². The van der Waals surface area contributed by atoms with Gasteiger partial charge in [0.25, 0.3) is 0 Å². The SMILES string of the molecule is Cc1nn(C)c(C)c1S(=O)(=O)NC1CC(Cl)C1. The zero-order valence-corrected chi connectivity index (χ0v) is 11.6. The predicted octanol–water partition coefficient (Wildman–Crippen LogP) is 1.09. The number of nitrogens with one attached hydrogen (secondary N) is 1. The molecule has 0 unspecified atom stereocenters. The van der Waals surface area contributed by atoms with Crippen LogP contribution in [-0.2, 0) is 17.1 Å². The fraction of sp³-hybridized carbons (Fsp3) is 0.700. The number of hydrogen-bond donors (Lipinski definition) is 1. The molecule has 1 aliphatic rings. The van der Waals surface area contributed by atoms with Crippen LogP contribution in [0.2, 0.25) is 0 Å². The Morgan fingerprint density at radius 2 is 2.00 bits per heavy atom. The summed E-state index contributed by atoms with van der Waals surface area (Å²) in [4.78, 5) is 0.290. The van der Waals surface area contributed by atoms with Crippen molar-refractivity contribution in [3.8, 4) is 0 Å². The second-order valence-electron chi connectivity index (χ2n) is 4.51. The number of nitrogens with zero attached hydrogens (tertiary/aromatic N) is 2. The molecule has 1 aromatic heterocycles. The van der Waals surface area contributed by atoms with Crippen LogP contribution in [0.1, 0.15) is 24.2 Å². The molecule has 1 saturated carbocycles. The zero-order valence-electron chi connectivity index (χ0n) is 10.1. The maximum atomic E-state index is 12.2. The highest BCUT2D eigenvalue weighted by atomic mass is 35.5. The first kappa shape index (κ1) is 12.9. The highest BCUT2D eigenvalue weighted by Gasteiger charge is 2.33. The number of aryl methyl sites for hydroxylation is 2. The topological polar surface area (TPSA) is 64.0 Å². The van der Waals surface area contributed by atoms with Crippen LogP contribution in [0.3, 0.4) is 0 Å². The first-order valence-electron chi connectivity index (χ1n) is 5.48. The third-order valence-electron chi connectivity index (χ3n) is 3.11. The van der Waals surface area contributed by atoms with Gasteiger partial charge in [-0.1, -0.05) is 0 Å². The molecule has 0 spiro atoms. The first-order valence-corrected chi connectivity index (χ1v) is 7.40. The summed E-state index contributed by atoms with van der Waals surface area (Å²) in [5.41, 5.74) is 1.18. The van der Waals surface area contributed by atoms with Gasteiger partial charge in [-0.2, -0.15) is 5.10 Å². The van der Waals surface area contributed by atoms with Crippen LogP contribution in [-0.4, -0.2) is 29.6 Å². The van der Waals surface area contributed by atoms with Gasteiger partial charge in [0.1, 0.15) is 4.90 Å². The van der Waals surface area contributed by atoms with Gasteiger partial charge in [0.2, 0.25) is 10.0 Å². The summed E-state index contributed by atoms with van der Waals surface area (Å²) in [5.74, 6) is 0. The molecule has 1 aromatic rings. The zero-order chi connectivity index (χ0) is 12.8. The number of halogens is 1. The van der Waals surface area contributed by atoms with E-state index in [2.05, 4.69) is 9.82 Å². The van der Waals surface area contributed by atoms with E-state index in [9.17, 15) is 8.42 Å². The first-order chi connectivity index (χ1) is 7.81. The standard InChI is InChI=1S/C10H16ClN3O2S/c1-6-10(7(2)14(3)12-6)17(15,16)13-9-4-8(11)5-9/h8-9,13H,4-5H2,1-3H3. The Morgan fingerprint density at radius 1 is 1.41 bits per heavy atom. The van der Waals surface area contributed by atoms with Crippen LogP contribution in [0.4, 0.5) is 0 Å². The van der Waals surface area contributed by atoms with Crippen LogP contribution in [0.5, 0.6) is 0 Å². The van der Waals surface area contributed by atoms with E-state index in [-0.39, 0.29) is 16.3 Å². The van der Waals surface area contributed by atoms with E-state index in [4.69, 9.17) is 11.6 Å². The normalized spacial score (nSPS) is 24.7. The van der Waals surface area contributed by atoms with Crippen molar-refractivity contribution in [2.24, 2.45) is 7.05 Å². The minimum absolute atomic E-state index is 0.0403. The smallest absolute Gasteiger partial charge is 0.244 e. The van der Waals surface area contributed by atoms with Gasteiger partial charge in [-0.3, -0.25) is 4.68 Å². The number of sulfonamides is 1. The molecule has 0 saturated heterocycles. The van der Waals surface area contributed by atoms with Crippen molar-refractivity contribution >= 4 is 21.6 Å². The van der Waals surface area contributed by atoms with Gasteiger partial charge in [-0.15, -0.1) is 11.6 Å². The Bertz CT molecular complexity index is 532. The van der Waals surface area contributed by atoms with Gasteiger partial charge in [-0.05, 0) is 26.7 Å². The molecule has 17 heavy (non-hydrogen) atoms. The van der Waals surface area contributed by atoms with Crippen molar-refractivity contribution in [2.75, 3.05) is 0 Å². The van der Waals surface area contributed by atoms with Gasteiger partial charge >= 0.3 is 0 Å². The Hall–Kier alpha value is -0.590. The third-order valence-corrected chi connectivity index (χ3v) is 5.24. The average Bonchev–Trinajstić information content (AvgIpc) is 2.38. The van der Waals surface area contributed by atoms with Gasteiger partial charge in [0.15, 0.2) is 0 Å². The summed E-state index contributed by atoms with van der Waals surface area (Å²) in [6.45, 7) is 3.45. The lowest BCUT2D eigenvalue weighted by Crippen LogP contribution is -2.45. The quantitative estimate of drug-likeness (QED) is 0.841. The van der Waals surface area contributed by atoms with Crippen molar-refractivity contribution in [3.63, 3.8) is 0 Å². The average molecular weight is 278 g/mol. The van der Waals surface area contributed by atoms with Crippen LogP contribution in [0, 0.1) is 13.8 Å².